The minimum absolute atomic E-state index is 0.498. The fraction of sp³-hybridized carbons (Fsp3) is 0.400. The van der Waals surface area contributed by atoms with Crippen LogP contribution in [-0.2, 0) is 0 Å². The Bertz CT molecular complexity index is 664. The summed E-state index contributed by atoms with van der Waals surface area (Å²) in [6.45, 7) is 4.18. The van der Waals surface area contributed by atoms with Crippen LogP contribution in [0.25, 0.3) is 11.3 Å². The van der Waals surface area contributed by atoms with Gasteiger partial charge in [-0.2, -0.15) is 4.98 Å². The van der Waals surface area contributed by atoms with E-state index in [9.17, 15) is 0 Å². The van der Waals surface area contributed by atoms with Crippen molar-refractivity contribution >= 4 is 17.4 Å². The van der Waals surface area contributed by atoms with Gasteiger partial charge in [-0.05, 0) is 19.2 Å². The number of benzene rings is 1. The second kappa shape index (κ2) is 5.52. The number of hydrogen-bond donors (Lipinski definition) is 1. The van der Waals surface area contributed by atoms with E-state index >= 15 is 0 Å². The highest BCUT2D eigenvalue weighted by molar-refractivity contribution is 7.98. The van der Waals surface area contributed by atoms with E-state index in [1.807, 2.05) is 37.4 Å². The molecule has 0 amide bonds. The zero-order valence-electron chi connectivity index (χ0n) is 12.4. The molecule has 6 heteroatoms. The minimum Gasteiger partial charge on any atom is -0.450 e. The predicted octanol–water partition coefficient (Wildman–Crippen LogP) is 3.58. The predicted molar refractivity (Wildman–Crippen MR) is 84.6 cm³/mol. The number of anilines is 1. The number of hydrogen-bond acceptors (Lipinski definition) is 6. The summed E-state index contributed by atoms with van der Waals surface area (Å²) in [5, 5.41) is 12.6. The van der Waals surface area contributed by atoms with Gasteiger partial charge in [0.25, 0.3) is 0 Å². The van der Waals surface area contributed by atoms with Gasteiger partial charge in [0.1, 0.15) is 0 Å². The molecule has 1 aliphatic rings. The zero-order valence-corrected chi connectivity index (χ0v) is 13.2. The zero-order chi connectivity index (χ0) is 14.9. The summed E-state index contributed by atoms with van der Waals surface area (Å²) in [7, 11) is 0. The summed E-state index contributed by atoms with van der Waals surface area (Å²) < 4.78 is 6.17. The number of nitrogens with one attached hydrogen (secondary N) is 1. The van der Waals surface area contributed by atoms with Crippen molar-refractivity contribution in [3.05, 3.63) is 24.3 Å². The van der Waals surface area contributed by atoms with Crippen molar-refractivity contribution < 1.29 is 4.74 Å². The molecule has 1 aliphatic heterocycles. The van der Waals surface area contributed by atoms with Gasteiger partial charge in [0.05, 0.1) is 0 Å². The van der Waals surface area contributed by atoms with Crippen LogP contribution >= 0.6 is 11.8 Å². The molecule has 2 heterocycles. The Morgan fingerprint density at radius 1 is 1.29 bits per heavy atom. The van der Waals surface area contributed by atoms with Crippen LogP contribution in [0, 0.1) is 0 Å². The van der Waals surface area contributed by atoms with Crippen LogP contribution in [0.5, 0.6) is 5.88 Å². The summed E-state index contributed by atoms with van der Waals surface area (Å²) in [6.07, 6.45) is 3.81. The Morgan fingerprint density at radius 3 is 2.86 bits per heavy atom. The lowest BCUT2D eigenvalue weighted by atomic mass is 10.1. The van der Waals surface area contributed by atoms with Gasteiger partial charge in [0, 0.05) is 17.7 Å². The highest BCUT2D eigenvalue weighted by Crippen LogP contribution is 2.39. The molecule has 1 aromatic heterocycles. The Balaban J connectivity index is 2.17. The first-order valence-electron chi connectivity index (χ1n) is 7.00. The highest BCUT2D eigenvalue weighted by Gasteiger charge is 2.32. The van der Waals surface area contributed by atoms with E-state index in [1.54, 1.807) is 0 Å². The van der Waals surface area contributed by atoms with E-state index in [0.29, 0.717) is 16.7 Å². The monoisotopic (exact) mass is 302 g/mol. The largest absolute Gasteiger partial charge is 0.450 e. The van der Waals surface area contributed by atoms with Crippen molar-refractivity contribution in [1.82, 2.24) is 15.2 Å². The van der Waals surface area contributed by atoms with Crippen molar-refractivity contribution in [2.24, 2.45) is 0 Å². The number of thioether (sulfide) groups is 1. The van der Waals surface area contributed by atoms with E-state index in [0.717, 1.165) is 24.1 Å². The van der Waals surface area contributed by atoms with E-state index in [-0.39, 0.29) is 0 Å². The minimum atomic E-state index is -0.498. The number of rotatable bonds is 3. The maximum absolute atomic E-state index is 6.17. The standard InChI is InChI=1S/C15H18N4OS/c1-4-9-15(2)17-11-8-6-5-7-10(11)12-13(20-15)16-14(21-3)19-18-12/h5-8,17H,4,9H2,1-3H3/t15-/m0/s1. The lowest BCUT2D eigenvalue weighted by Crippen LogP contribution is -2.40. The molecule has 1 aromatic carbocycles. The first-order valence-corrected chi connectivity index (χ1v) is 8.23. The Hall–Kier alpha value is -1.82. The Morgan fingerprint density at radius 2 is 2.10 bits per heavy atom. The third-order valence-corrected chi connectivity index (χ3v) is 3.99. The highest BCUT2D eigenvalue weighted by atomic mass is 32.2. The molecular weight excluding hydrogens is 284 g/mol. The van der Waals surface area contributed by atoms with Gasteiger partial charge < -0.3 is 10.1 Å². The maximum Gasteiger partial charge on any atom is 0.247 e. The van der Waals surface area contributed by atoms with Crippen LogP contribution in [0.2, 0.25) is 0 Å². The molecule has 1 atom stereocenters. The molecular formula is C15H18N4OS. The number of aromatic nitrogens is 3. The second-order valence-electron chi connectivity index (χ2n) is 5.21. The number of nitrogens with zero attached hydrogens (tertiary/aromatic N) is 3. The number of fused-ring (bicyclic) bond motifs is 3. The summed E-state index contributed by atoms with van der Waals surface area (Å²) in [5.74, 6) is 0.544. The van der Waals surface area contributed by atoms with Gasteiger partial charge in [0.2, 0.25) is 11.0 Å². The molecule has 3 rings (SSSR count). The van der Waals surface area contributed by atoms with Crippen molar-refractivity contribution in [3.8, 4) is 17.1 Å². The molecule has 0 saturated carbocycles. The van der Waals surface area contributed by atoms with Gasteiger partial charge in [-0.3, -0.25) is 0 Å². The lowest BCUT2D eigenvalue weighted by molar-refractivity contribution is 0.102. The molecule has 0 bridgehead atoms. The van der Waals surface area contributed by atoms with Gasteiger partial charge in [-0.1, -0.05) is 43.3 Å². The van der Waals surface area contributed by atoms with Crippen LogP contribution in [0.15, 0.2) is 29.4 Å². The fourth-order valence-electron chi connectivity index (χ4n) is 2.54. The molecule has 110 valence electrons. The average Bonchev–Trinajstić information content (AvgIpc) is 2.59. The topological polar surface area (TPSA) is 59.9 Å². The van der Waals surface area contributed by atoms with Gasteiger partial charge in [0.15, 0.2) is 11.4 Å². The summed E-state index contributed by atoms with van der Waals surface area (Å²) >= 11 is 1.46. The normalized spacial score (nSPS) is 19.8. The van der Waals surface area contributed by atoms with Crippen molar-refractivity contribution in [3.63, 3.8) is 0 Å². The van der Waals surface area contributed by atoms with Gasteiger partial charge in [-0.15, -0.1) is 10.2 Å². The maximum atomic E-state index is 6.17. The van der Waals surface area contributed by atoms with Crippen molar-refractivity contribution in [2.75, 3.05) is 11.6 Å². The van der Waals surface area contributed by atoms with Crippen LogP contribution < -0.4 is 10.1 Å². The van der Waals surface area contributed by atoms with E-state index in [2.05, 4.69) is 27.4 Å². The fourth-order valence-corrected chi connectivity index (χ4v) is 2.83. The average molecular weight is 302 g/mol. The first kappa shape index (κ1) is 14.1. The van der Waals surface area contributed by atoms with E-state index < -0.39 is 5.72 Å². The van der Waals surface area contributed by atoms with Crippen LogP contribution in [0.4, 0.5) is 5.69 Å². The molecule has 0 radical (unpaired) electrons. The molecule has 2 aromatic rings. The van der Waals surface area contributed by atoms with E-state index in [1.165, 1.54) is 11.8 Å². The molecule has 1 N–H and O–H groups in total. The SMILES string of the molecule is CCC[C@@]1(C)Nc2ccccc2-c2nnc(SC)nc2O1. The molecule has 0 fully saturated rings. The smallest absolute Gasteiger partial charge is 0.247 e. The van der Waals surface area contributed by atoms with E-state index in [4.69, 9.17) is 4.74 Å². The molecule has 21 heavy (non-hydrogen) atoms. The first-order chi connectivity index (χ1) is 10.1. The third kappa shape index (κ3) is 2.68. The molecule has 0 spiro atoms. The van der Waals surface area contributed by atoms with Crippen molar-refractivity contribution in [1.29, 1.82) is 0 Å². The quantitative estimate of drug-likeness (QED) is 0.874. The van der Waals surface area contributed by atoms with Crippen LogP contribution in [0.3, 0.4) is 0 Å². The lowest BCUT2D eigenvalue weighted by Gasteiger charge is -2.30. The summed E-state index contributed by atoms with van der Waals surface area (Å²) in [5.41, 5.74) is 2.16. The number of para-hydroxylation sites is 1. The molecule has 0 saturated heterocycles. The molecule has 5 nitrogen and oxygen atoms in total. The molecule has 0 aliphatic carbocycles. The third-order valence-electron chi connectivity index (χ3n) is 3.45. The molecule has 0 unspecified atom stereocenters. The summed E-state index contributed by atoms with van der Waals surface area (Å²) in [6, 6.07) is 8.03. The van der Waals surface area contributed by atoms with Crippen molar-refractivity contribution in [2.45, 2.75) is 37.6 Å². The van der Waals surface area contributed by atoms with Gasteiger partial charge >= 0.3 is 0 Å². The van der Waals surface area contributed by atoms with Gasteiger partial charge in [-0.25, -0.2) is 0 Å². The van der Waals surface area contributed by atoms with Crippen LogP contribution in [-0.4, -0.2) is 27.2 Å². The Labute approximate surface area is 128 Å². The van der Waals surface area contributed by atoms with Crippen LogP contribution in [0.1, 0.15) is 26.7 Å². The summed E-state index contributed by atoms with van der Waals surface area (Å²) in [4.78, 5) is 4.50. The number of ether oxygens (including phenoxy) is 1. The second-order valence-corrected chi connectivity index (χ2v) is 5.98. The Kier molecular flexibility index (Phi) is 3.71.